The Labute approximate surface area is 198 Å². The lowest BCUT2D eigenvalue weighted by atomic mass is 9.93. The summed E-state index contributed by atoms with van der Waals surface area (Å²) < 4.78 is 7.95. The SMILES string of the molecule is [Al][O]c1c(-n2nc3cccnc3c2-c2ccccc2)cc2ccc3cccc4ccc1c2c34. The van der Waals surface area contributed by atoms with E-state index in [-0.39, 0.29) is 0 Å². The summed E-state index contributed by atoms with van der Waals surface area (Å²) in [4.78, 5) is 4.67. The highest BCUT2D eigenvalue weighted by atomic mass is 27.1. The van der Waals surface area contributed by atoms with Gasteiger partial charge in [0.25, 0.3) is 0 Å². The molecule has 0 atom stereocenters. The van der Waals surface area contributed by atoms with Crippen LogP contribution in [0.25, 0.3) is 60.3 Å². The van der Waals surface area contributed by atoms with Crippen LogP contribution < -0.4 is 3.79 Å². The molecular formula is C28H16AlN3O. The van der Waals surface area contributed by atoms with Crippen molar-refractivity contribution in [3.05, 3.63) is 97.2 Å². The molecule has 0 N–H and O–H groups in total. The fourth-order valence-corrected chi connectivity index (χ4v) is 5.25. The second kappa shape index (κ2) is 7.05. The Bertz CT molecular complexity index is 1790. The Kier molecular flexibility index (Phi) is 3.98. The van der Waals surface area contributed by atoms with E-state index in [0.29, 0.717) is 0 Å². The summed E-state index contributed by atoms with van der Waals surface area (Å²) >= 11 is 2.43. The van der Waals surface area contributed by atoms with Gasteiger partial charge in [0.15, 0.2) is 0 Å². The van der Waals surface area contributed by atoms with E-state index in [1.54, 1.807) is 0 Å². The predicted octanol–water partition coefficient (Wildman–Crippen LogP) is 6.45. The summed E-state index contributed by atoms with van der Waals surface area (Å²) in [6.07, 6.45) is 1.81. The standard InChI is InChI=1S/C28H17N3O.Al/c32-28-21-14-13-18-9-4-8-17-11-12-20(25(21)24(17)18)16-23(28)31-27(19-6-2-1-3-7-19)26-22(30-31)10-5-15-29-26;/h1-16,32H;/q;+1/p-1. The molecule has 0 aliphatic heterocycles. The highest BCUT2D eigenvalue weighted by Gasteiger charge is 2.21. The fourth-order valence-electron chi connectivity index (χ4n) is 5.00. The van der Waals surface area contributed by atoms with E-state index in [2.05, 4.69) is 82.3 Å². The van der Waals surface area contributed by atoms with E-state index < -0.39 is 0 Å². The van der Waals surface area contributed by atoms with Gasteiger partial charge < -0.3 is 3.79 Å². The Hall–Kier alpha value is -3.91. The van der Waals surface area contributed by atoms with Crippen molar-refractivity contribution in [2.24, 2.45) is 0 Å². The topological polar surface area (TPSA) is 39.9 Å². The Morgan fingerprint density at radius 2 is 1.52 bits per heavy atom. The van der Waals surface area contributed by atoms with Gasteiger partial charge in [0, 0.05) is 22.5 Å². The predicted molar refractivity (Wildman–Crippen MR) is 134 cm³/mol. The van der Waals surface area contributed by atoms with Gasteiger partial charge >= 0.3 is 16.6 Å². The summed E-state index contributed by atoms with van der Waals surface area (Å²) in [5.74, 6) is 0.774. The number of nitrogens with zero attached hydrogens (tertiary/aromatic N) is 3. The first-order chi connectivity index (χ1) is 16.3. The van der Waals surface area contributed by atoms with Crippen LogP contribution in [-0.2, 0) is 0 Å². The molecule has 0 fully saturated rings. The van der Waals surface area contributed by atoms with Crippen LogP contribution in [0.5, 0.6) is 5.75 Å². The molecule has 2 aromatic heterocycles. The van der Waals surface area contributed by atoms with E-state index in [1.807, 2.05) is 41.2 Å². The molecule has 0 amide bonds. The van der Waals surface area contributed by atoms with Crippen LogP contribution in [0.1, 0.15) is 0 Å². The normalized spacial score (nSPS) is 11.8. The van der Waals surface area contributed by atoms with Gasteiger partial charge in [-0.15, -0.1) is 0 Å². The summed E-state index contributed by atoms with van der Waals surface area (Å²) in [6, 6.07) is 31.5. The largest absolute Gasteiger partial charge is 0.652 e. The zero-order valence-corrected chi connectivity index (χ0v) is 18.7. The lowest BCUT2D eigenvalue weighted by Gasteiger charge is -2.19. The van der Waals surface area contributed by atoms with Gasteiger partial charge in [-0.05, 0) is 39.7 Å². The third-order valence-electron chi connectivity index (χ3n) is 6.40. The highest BCUT2D eigenvalue weighted by Crippen LogP contribution is 2.43. The molecule has 7 aromatic rings. The molecule has 0 spiro atoms. The maximum atomic E-state index is 5.98. The minimum atomic E-state index is 0.774. The molecule has 4 nitrogen and oxygen atoms in total. The van der Waals surface area contributed by atoms with Crippen LogP contribution in [0.2, 0.25) is 0 Å². The third-order valence-corrected chi connectivity index (χ3v) is 6.64. The average Bonchev–Trinajstić information content (AvgIpc) is 3.27. The Morgan fingerprint density at radius 3 is 2.33 bits per heavy atom. The molecule has 5 heteroatoms. The molecule has 0 aliphatic carbocycles. The zero-order valence-electron chi connectivity index (χ0n) is 17.6. The number of rotatable bonds is 3. The molecule has 152 valence electrons. The Morgan fingerprint density at radius 1 is 0.727 bits per heavy atom. The van der Waals surface area contributed by atoms with Crippen LogP contribution in [-0.4, -0.2) is 31.4 Å². The van der Waals surface area contributed by atoms with E-state index in [0.717, 1.165) is 44.5 Å². The molecule has 2 radical (unpaired) electrons. The smallest absolute Gasteiger partial charge is 0.482 e. The number of pyridine rings is 1. The van der Waals surface area contributed by atoms with Crippen molar-refractivity contribution < 1.29 is 3.79 Å². The van der Waals surface area contributed by atoms with Gasteiger partial charge in [-0.1, -0.05) is 72.8 Å². The third kappa shape index (κ3) is 2.64. The number of aromatic nitrogens is 3. The van der Waals surface area contributed by atoms with Crippen LogP contribution in [0.15, 0.2) is 97.2 Å². The molecule has 2 heterocycles. The molecule has 0 aliphatic rings. The first kappa shape index (κ1) is 18.6. The Balaban J connectivity index is 1.64. The van der Waals surface area contributed by atoms with Crippen molar-refractivity contribution in [1.82, 2.24) is 14.8 Å². The van der Waals surface area contributed by atoms with Gasteiger partial charge in [-0.2, -0.15) is 5.10 Å². The second-order valence-electron chi connectivity index (χ2n) is 8.20. The number of benzene rings is 5. The maximum Gasteiger partial charge on any atom is 0.482 e. The van der Waals surface area contributed by atoms with Crippen LogP contribution in [0.4, 0.5) is 0 Å². The van der Waals surface area contributed by atoms with E-state index >= 15 is 0 Å². The summed E-state index contributed by atoms with van der Waals surface area (Å²) in [6.45, 7) is 0. The van der Waals surface area contributed by atoms with E-state index in [4.69, 9.17) is 8.89 Å². The van der Waals surface area contributed by atoms with E-state index in [9.17, 15) is 0 Å². The van der Waals surface area contributed by atoms with Gasteiger partial charge in [0.05, 0.1) is 0 Å². The lowest BCUT2D eigenvalue weighted by molar-refractivity contribution is 0.614. The zero-order chi connectivity index (χ0) is 21.9. The van der Waals surface area contributed by atoms with Crippen LogP contribution in [0.3, 0.4) is 0 Å². The molecule has 0 saturated carbocycles. The number of hydrogen-bond donors (Lipinski definition) is 0. The molecule has 5 aromatic carbocycles. The highest BCUT2D eigenvalue weighted by molar-refractivity contribution is 6.25. The van der Waals surface area contributed by atoms with Gasteiger partial charge in [-0.3, -0.25) is 4.98 Å². The quantitative estimate of drug-likeness (QED) is 0.236. The van der Waals surface area contributed by atoms with E-state index in [1.165, 1.54) is 21.5 Å². The van der Waals surface area contributed by atoms with Crippen LogP contribution >= 0.6 is 0 Å². The minimum absolute atomic E-state index is 0.774. The average molecular weight is 437 g/mol. The maximum absolute atomic E-state index is 5.98. The lowest BCUT2D eigenvalue weighted by Crippen LogP contribution is -2.04. The number of fused-ring (bicyclic) bond motifs is 1. The van der Waals surface area contributed by atoms with Gasteiger partial charge in [0.1, 0.15) is 28.2 Å². The molecular weight excluding hydrogens is 421 g/mol. The molecule has 7 rings (SSSR count). The summed E-state index contributed by atoms with van der Waals surface area (Å²) in [5, 5.41) is 12.1. The monoisotopic (exact) mass is 437 g/mol. The molecule has 0 unspecified atom stereocenters. The molecule has 33 heavy (non-hydrogen) atoms. The fraction of sp³-hybridized carbons (Fsp3) is 0. The summed E-state index contributed by atoms with van der Waals surface area (Å²) in [7, 11) is 0. The van der Waals surface area contributed by atoms with Gasteiger partial charge in [-0.25, -0.2) is 4.68 Å². The second-order valence-corrected chi connectivity index (χ2v) is 8.43. The first-order valence-corrected chi connectivity index (χ1v) is 11.3. The first-order valence-electron chi connectivity index (χ1n) is 10.8. The van der Waals surface area contributed by atoms with Gasteiger partial charge in [0.2, 0.25) is 0 Å². The summed E-state index contributed by atoms with van der Waals surface area (Å²) in [5.41, 5.74) is 4.59. The number of hydrogen-bond acceptors (Lipinski definition) is 3. The molecule has 0 saturated heterocycles. The van der Waals surface area contributed by atoms with Crippen molar-refractivity contribution in [2.45, 2.75) is 0 Å². The molecule has 0 bridgehead atoms. The van der Waals surface area contributed by atoms with Crippen molar-refractivity contribution >= 4 is 60.0 Å². The van der Waals surface area contributed by atoms with Crippen molar-refractivity contribution in [3.63, 3.8) is 0 Å². The minimum Gasteiger partial charge on any atom is -0.652 e. The van der Waals surface area contributed by atoms with Crippen LogP contribution in [0, 0.1) is 0 Å². The van der Waals surface area contributed by atoms with Crippen molar-refractivity contribution in [3.8, 4) is 22.7 Å². The van der Waals surface area contributed by atoms with Crippen molar-refractivity contribution in [1.29, 1.82) is 0 Å². The van der Waals surface area contributed by atoms with Crippen molar-refractivity contribution in [2.75, 3.05) is 0 Å².